The molecule has 10 heteroatoms. The van der Waals surface area contributed by atoms with Crippen LogP contribution in [0, 0.1) is 0 Å². The Labute approximate surface area is 147 Å². The third-order valence-electron chi connectivity index (χ3n) is 2.91. The summed E-state index contributed by atoms with van der Waals surface area (Å²) < 4.78 is 26.8. The van der Waals surface area contributed by atoms with Gasteiger partial charge >= 0.3 is 5.97 Å². The first-order valence-electron chi connectivity index (χ1n) is 6.91. The van der Waals surface area contributed by atoms with Crippen molar-refractivity contribution in [3.05, 3.63) is 52.9 Å². The lowest BCUT2D eigenvalue weighted by atomic mass is 10.1. The molecule has 0 radical (unpaired) electrons. The summed E-state index contributed by atoms with van der Waals surface area (Å²) in [7, 11) is -3.91. The molecule has 2 amide bonds. The third kappa shape index (κ3) is 5.78. The van der Waals surface area contributed by atoms with Gasteiger partial charge in [-0.3, -0.25) is 14.9 Å². The van der Waals surface area contributed by atoms with Crippen molar-refractivity contribution in [1.29, 1.82) is 0 Å². The normalized spacial score (nSPS) is 10.9. The highest BCUT2D eigenvalue weighted by molar-refractivity contribution is 7.91. The van der Waals surface area contributed by atoms with Gasteiger partial charge < -0.3 is 4.74 Å². The van der Waals surface area contributed by atoms with Crippen LogP contribution in [-0.2, 0) is 30.8 Å². The van der Waals surface area contributed by atoms with E-state index in [0.717, 1.165) is 23.0 Å². The number of primary sulfonamides is 1. The minimum atomic E-state index is -3.91. The smallest absolute Gasteiger partial charge is 0.339 e. The van der Waals surface area contributed by atoms with Crippen molar-refractivity contribution in [2.45, 2.75) is 10.6 Å². The van der Waals surface area contributed by atoms with Gasteiger partial charge in [-0.15, -0.1) is 11.3 Å². The molecule has 0 atom stereocenters. The first-order chi connectivity index (χ1) is 11.8. The molecule has 0 unspecified atom stereocenters. The van der Waals surface area contributed by atoms with E-state index >= 15 is 0 Å². The predicted molar refractivity (Wildman–Crippen MR) is 89.3 cm³/mol. The van der Waals surface area contributed by atoms with Crippen LogP contribution in [0.1, 0.15) is 15.9 Å². The second-order valence-corrected chi connectivity index (χ2v) is 7.61. The Bertz CT molecular complexity index is 890. The highest BCUT2D eigenvalue weighted by Gasteiger charge is 2.17. The molecule has 0 aliphatic carbocycles. The monoisotopic (exact) mass is 382 g/mol. The summed E-state index contributed by atoms with van der Waals surface area (Å²) in [5.74, 6) is -2.20. The zero-order chi connectivity index (χ0) is 18.4. The van der Waals surface area contributed by atoms with Crippen molar-refractivity contribution in [3.63, 3.8) is 0 Å². The standard InChI is InChI=1S/C15H14N2O6S2/c16-25(21,22)14-7-11(9-24-14)15(20)23-8-13(19)17-12(18)6-10-4-2-1-3-5-10/h1-5,7,9H,6,8H2,(H2,16,21,22)(H,17,18,19). The number of rotatable bonds is 6. The van der Waals surface area contributed by atoms with Crippen molar-refractivity contribution in [1.82, 2.24) is 5.32 Å². The first-order valence-corrected chi connectivity index (χ1v) is 9.33. The Morgan fingerprint density at radius 2 is 1.80 bits per heavy atom. The largest absolute Gasteiger partial charge is 0.452 e. The molecule has 1 aromatic carbocycles. The number of esters is 1. The van der Waals surface area contributed by atoms with Gasteiger partial charge in [-0.25, -0.2) is 18.4 Å². The molecule has 0 spiro atoms. The van der Waals surface area contributed by atoms with Crippen molar-refractivity contribution < 1.29 is 27.5 Å². The lowest BCUT2D eigenvalue weighted by Gasteiger charge is -2.05. The van der Waals surface area contributed by atoms with E-state index < -0.39 is 34.4 Å². The molecule has 0 aliphatic rings. The van der Waals surface area contributed by atoms with E-state index in [-0.39, 0.29) is 16.2 Å². The maximum Gasteiger partial charge on any atom is 0.339 e. The van der Waals surface area contributed by atoms with Crippen molar-refractivity contribution >= 4 is 39.1 Å². The molecule has 0 aliphatic heterocycles. The second kappa shape index (κ2) is 8.01. The summed E-state index contributed by atoms with van der Waals surface area (Å²) in [6.07, 6.45) is 0.0166. The SMILES string of the molecule is NS(=O)(=O)c1cc(C(=O)OCC(=O)NC(=O)Cc2ccccc2)cs1. The molecule has 2 aromatic rings. The van der Waals surface area contributed by atoms with Gasteiger partial charge in [0.05, 0.1) is 12.0 Å². The van der Waals surface area contributed by atoms with Crippen molar-refractivity contribution in [3.8, 4) is 0 Å². The fourth-order valence-corrected chi connectivity index (χ4v) is 3.38. The van der Waals surface area contributed by atoms with E-state index in [1.807, 2.05) is 0 Å². The third-order valence-corrected chi connectivity index (χ3v) is 5.30. The molecular weight excluding hydrogens is 368 g/mol. The number of sulfonamides is 1. The number of carbonyl (C=O) groups excluding carboxylic acids is 3. The van der Waals surface area contributed by atoms with Crippen LogP contribution in [0.2, 0.25) is 0 Å². The zero-order valence-electron chi connectivity index (χ0n) is 12.8. The average Bonchev–Trinajstić information content (AvgIpc) is 3.03. The molecular formula is C15H14N2O6S2. The number of hydrogen-bond acceptors (Lipinski definition) is 7. The number of carbonyl (C=O) groups is 3. The van der Waals surface area contributed by atoms with Gasteiger partial charge in [0.1, 0.15) is 4.21 Å². The van der Waals surface area contributed by atoms with Crippen LogP contribution in [0.3, 0.4) is 0 Å². The van der Waals surface area contributed by atoms with Gasteiger partial charge in [-0.2, -0.15) is 0 Å². The van der Waals surface area contributed by atoms with E-state index in [0.29, 0.717) is 0 Å². The second-order valence-electron chi connectivity index (χ2n) is 4.91. The molecule has 1 heterocycles. The van der Waals surface area contributed by atoms with E-state index in [4.69, 9.17) is 9.88 Å². The summed E-state index contributed by atoms with van der Waals surface area (Å²) in [6, 6.07) is 9.87. The van der Waals surface area contributed by atoms with Gasteiger partial charge in [0.2, 0.25) is 15.9 Å². The quantitative estimate of drug-likeness (QED) is 0.697. The maximum atomic E-state index is 11.8. The number of nitrogens with two attached hydrogens (primary N) is 1. The van der Waals surface area contributed by atoms with Gasteiger partial charge in [0.15, 0.2) is 6.61 Å². The van der Waals surface area contributed by atoms with Crippen LogP contribution in [-0.4, -0.2) is 32.8 Å². The van der Waals surface area contributed by atoms with Crippen LogP contribution in [0.4, 0.5) is 0 Å². The Morgan fingerprint density at radius 3 is 2.40 bits per heavy atom. The van der Waals surface area contributed by atoms with Gasteiger partial charge in [-0.05, 0) is 11.6 Å². The predicted octanol–water partition coefficient (Wildman–Crippen LogP) is 0.438. The number of ether oxygens (including phenoxy) is 1. The summed E-state index contributed by atoms with van der Waals surface area (Å²) in [5, 5.41) is 8.29. The van der Waals surface area contributed by atoms with Gasteiger partial charge in [0.25, 0.3) is 5.91 Å². The van der Waals surface area contributed by atoms with E-state index in [2.05, 4.69) is 5.32 Å². The summed E-state index contributed by atoms with van der Waals surface area (Å²) in [6.45, 7) is -0.667. The number of nitrogens with one attached hydrogen (secondary N) is 1. The minimum Gasteiger partial charge on any atom is -0.452 e. The topological polar surface area (TPSA) is 133 Å². The van der Waals surface area contributed by atoms with E-state index in [1.54, 1.807) is 30.3 Å². The number of benzene rings is 1. The van der Waals surface area contributed by atoms with Crippen LogP contribution >= 0.6 is 11.3 Å². The van der Waals surface area contributed by atoms with Crippen LogP contribution in [0.25, 0.3) is 0 Å². The Kier molecular flexibility index (Phi) is 6.02. The lowest BCUT2D eigenvalue weighted by Crippen LogP contribution is -2.35. The fraction of sp³-hybridized carbons (Fsp3) is 0.133. The Morgan fingerprint density at radius 1 is 1.12 bits per heavy atom. The zero-order valence-corrected chi connectivity index (χ0v) is 14.4. The molecule has 25 heavy (non-hydrogen) atoms. The molecule has 0 saturated heterocycles. The van der Waals surface area contributed by atoms with Gasteiger partial charge in [0, 0.05) is 5.38 Å². The van der Waals surface area contributed by atoms with Crippen LogP contribution in [0.5, 0.6) is 0 Å². The minimum absolute atomic E-state index is 0.0166. The number of amides is 2. The van der Waals surface area contributed by atoms with Crippen molar-refractivity contribution in [2.75, 3.05) is 6.61 Å². The molecule has 132 valence electrons. The van der Waals surface area contributed by atoms with Crippen LogP contribution in [0.15, 0.2) is 46.0 Å². The maximum absolute atomic E-state index is 11.8. The summed E-state index contributed by atoms with van der Waals surface area (Å²) in [5.41, 5.74) is 0.691. The summed E-state index contributed by atoms with van der Waals surface area (Å²) >= 11 is 0.762. The Hall–Kier alpha value is -2.56. The number of hydrogen-bond donors (Lipinski definition) is 2. The Balaban J connectivity index is 1.82. The summed E-state index contributed by atoms with van der Waals surface area (Å²) in [4.78, 5) is 35.1. The van der Waals surface area contributed by atoms with E-state index in [1.165, 1.54) is 5.38 Å². The number of imide groups is 1. The molecule has 2 rings (SSSR count). The first kappa shape index (κ1) is 18.8. The molecule has 0 saturated carbocycles. The molecule has 3 N–H and O–H groups in total. The van der Waals surface area contributed by atoms with E-state index in [9.17, 15) is 22.8 Å². The highest BCUT2D eigenvalue weighted by atomic mass is 32.2. The lowest BCUT2D eigenvalue weighted by molar-refractivity contribution is -0.132. The average molecular weight is 382 g/mol. The van der Waals surface area contributed by atoms with Gasteiger partial charge in [-0.1, -0.05) is 30.3 Å². The fourth-order valence-electron chi connectivity index (χ4n) is 1.80. The number of thiophene rings is 1. The molecule has 0 fully saturated rings. The molecule has 1 aromatic heterocycles. The molecule has 0 bridgehead atoms. The highest BCUT2D eigenvalue weighted by Crippen LogP contribution is 2.19. The molecule has 8 nitrogen and oxygen atoms in total. The van der Waals surface area contributed by atoms with Crippen LogP contribution < -0.4 is 10.5 Å². The van der Waals surface area contributed by atoms with Crippen molar-refractivity contribution in [2.24, 2.45) is 5.14 Å².